The summed E-state index contributed by atoms with van der Waals surface area (Å²) in [5, 5.41) is 0.562. The van der Waals surface area contributed by atoms with Gasteiger partial charge in [0.05, 0.1) is 22.6 Å². The van der Waals surface area contributed by atoms with Gasteiger partial charge in [-0.1, -0.05) is 11.6 Å². The Kier molecular flexibility index (Phi) is 4.01. The highest BCUT2D eigenvalue weighted by atomic mass is 35.5. The zero-order valence-electron chi connectivity index (χ0n) is 12.3. The number of hydrogen-bond acceptors (Lipinski definition) is 4. The Bertz CT molecular complexity index is 901. The molecule has 23 heavy (non-hydrogen) atoms. The Morgan fingerprint density at radius 1 is 1.39 bits per heavy atom. The van der Waals surface area contributed by atoms with Gasteiger partial charge in [0.15, 0.2) is 9.84 Å². The number of hydrogen-bond donors (Lipinski definition) is 0. The average Bonchev–Trinajstić information content (AvgIpc) is 2.85. The largest absolute Gasteiger partial charge is 0.338 e. The normalized spacial score (nSPS) is 19.9. The van der Waals surface area contributed by atoms with Crippen LogP contribution in [0.3, 0.4) is 0 Å². The van der Waals surface area contributed by atoms with Crippen LogP contribution in [0.5, 0.6) is 0 Å². The monoisotopic (exact) mass is 356 g/mol. The van der Waals surface area contributed by atoms with Crippen LogP contribution in [0, 0.1) is 5.82 Å². The van der Waals surface area contributed by atoms with E-state index in [9.17, 15) is 17.6 Å². The Morgan fingerprint density at radius 3 is 2.78 bits per heavy atom. The number of halogens is 2. The summed E-state index contributed by atoms with van der Waals surface area (Å²) >= 11 is 6.06. The van der Waals surface area contributed by atoms with Crippen LogP contribution < -0.4 is 0 Å². The van der Waals surface area contributed by atoms with Crippen molar-refractivity contribution in [1.29, 1.82) is 0 Å². The molecule has 5 nitrogen and oxygen atoms in total. The van der Waals surface area contributed by atoms with Gasteiger partial charge in [-0.3, -0.25) is 4.79 Å². The Hall–Kier alpha value is -1.73. The number of aromatic nitrogens is 1. The molecule has 1 aliphatic rings. The SMILES string of the molecule is CN(C(=O)c1cc2ccc(F)cc2nc1Cl)C1CCS(=O)(=O)C1. The number of fused-ring (bicyclic) bond motifs is 1. The van der Waals surface area contributed by atoms with Crippen LogP contribution in [0.25, 0.3) is 10.9 Å². The summed E-state index contributed by atoms with van der Waals surface area (Å²) in [6, 6.07) is 5.21. The number of nitrogens with zero attached hydrogens (tertiary/aromatic N) is 2. The summed E-state index contributed by atoms with van der Waals surface area (Å²) in [6.45, 7) is 0. The fraction of sp³-hybridized carbons (Fsp3) is 0.333. The van der Waals surface area contributed by atoms with E-state index in [1.807, 2.05) is 0 Å². The first kappa shape index (κ1) is 16.1. The smallest absolute Gasteiger partial charge is 0.257 e. The van der Waals surface area contributed by atoms with Crippen molar-refractivity contribution in [2.75, 3.05) is 18.6 Å². The van der Waals surface area contributed by atoms with Crippen molar-refractivity contribution >= 4 is 38.2 Å². The fourth-order valence-corrected chi connectivity index (χ4v) is 4.70. The summed E-state index contributed by atoms with van der Waals surface area (Å²) in [6.07, 6.45) is 0.411. The van der Waals surface area contributed by atoms with Crippen LogP contribution in [0.15, 0.2) is 24.3 Å². The van der Waals surface area contributed by atoms with Crippen molar-refractivity contribution in [3.05, 3.63) is 40.8 Å². The first-order valence-corrected chi connectivity index (χ1v) is 9.20. The highest BCUT2D eigenvalue weighted by Gasteiger charge is 2.33. The summed E-state index contributed by atoms with van der Waals surface area (Å²) in [4.78, 5) is 18.1. The van der Waals surface area contributed by atoms with E-state index >= 15 is 0 Å². The molecule has 1 saturated heterocycles. The number of pyridine rings is 1. The van der Waals surface area contributed by atoms with Crippen molar-refractivity contribution in [3.63, 3.8) is 0 Å². The quantitative estimate of drug-likeness (QED) is 0.774. The van der Waals surface area contributed by atoms with Crippen LogP contribution >= 0.6 is 11.6 Å². The predicted octanol–water partition coefficient (Wildman–Crippen LogP) is 2.29. The summed E-state index contributed by atoms with van der Waals surface area (Å²) in [5.41, 5.74) is 0.537. The molecule has 1 aromatic heterocycles. The molecular weight excluding hydrogens is 343 g/mol. The highest BCUT2D eigenvalue weighted by molar-refractivity contribution is 7.91. The summed E-state index contributed by atoms with van der Waals surface area (Å²) < 4.78 is 36.4. The number of benzene rings is 1. The first-order chi connectivity index (χ1) is 10.8. The van der Waals surface area contributed by atoms with E-state index in [1.54, 1.807) is 13.1 Å². The molecule has 1 atom stereocenters. The van der Waals surface area contributed by atoms with Crippen LogP contribution in [0.2, 0.25) is 5.15 Å². The lowest BCUT2D eigenvalue weighted by Gasteiger charge is -2.23. The van der Waals surface area contributed by atoms with Gasteiger partial charge in [-0.2, -0.15) is 0 Å². The van der Waals surface area contributed by atoms with E-state index in [2.05, 4.69) is 4.98 Å². The zero-order chi connectivity index (χ0) is 16.8. The van der Waals surface area contributed by atoms with Crippen LogP contribution in [0.4, 0.5) is 4.39 Å². The molecule has 0 aliphatic carbocycles. The third kappa shape index (κ3) is 3.16. The average molecular weight is 357 g/mol. The van der Waals surface area contributed by atoms with Crippen molar-refractivity contribution in [2.24, 2.45) is 0 Å². The van der Waals surface area contributed by atoms with E-state index in [-0.39, 0.29) is 28.3 Å². The van der Waals surface area contributed by atoms with Crippen molar-refractivity contribution in [2.45, 2.75) is 12.5 Å². The Labute approximate surface area is 138 Å². The second kappa shape index (κ2) is 5.72. The maximum atomic E-state index is 13.2. The lowest BCUT2D eigenvalue weighted by molar-refractivity contribution is 0.0747. The molecule has 1 unspecified atom stereocenters. The second-order valence-corrected chi connectivity index (χ2v) is 8.22. The number of rotatable bonds is 2. The number of carbonyl (C=O) groups excluding carboxylic acids is 1. The molecular formula is C15H14ClFN2O3S. The lowest BCUT2D eigenvalue weighted by atomic mass is 10.1. The van der Waals surface area contributed by atoms with Gasteiger partial charge in [0.25, 0.3) is 5.91 Å². The molecule has 8 heteroatoms. The molecule has 0 bridgehead atoms. The minimum atomic E-state index is -3.09. The summed E-state index contributed by atoms with van der Waals surface area (Å²) in [5.74, 6) is -0.790. The van der Waals surface area contributed by atoms with Gasteiger partial charge >= 0.3 is 0 Å². The van der Waals surface area contributed by atoms with E-state index in [1.165, 1.54) is 23.1 Å². The van der Waals surface area contributed by atoms with Crippen LogP contribution in [0.1, 0.15) is 16.8 Å². The molecule has 0 spiro atoms. The standard InChI is InChI=1S/C15H14ClFN2O3S/c1-19(11-4-5-23(21,22)8-11)15(20)12-6-9-2-3-10(17)7-13(9)18-14(12)16/h2-3,6-7,11H,4-5,8H2,1H3. The molecule has 122 valence electrons. The van der Waals surface area contributed by atoms with Crippen LogP contribution in [-0.4, -0.2) is 48.8 Å². The summed E-state index contributed by atoms with van der Waals surface area (Å²) in [7, 11) is -1.54. The predicted molar refractivity (Wildman–Crippen MR) is 85.9 cm³/mol. The van der Waals surface area contributed by atoms with Crippen molar-refractivity contribution in [3.8, 4) is 0 Å². The number of sulfone groups is 1. The molecule has 2 aromatic rings. The Morgan fingerprint density at radius 2 is 2.13 bits per heavy atom. The fourth-order valence-electron chi connectivity index (χ4n) is 2.70. The highest BCUT2D eigenvalue weighted by Crippen LogP contribution is 2.25. The lowest BCUT2D eigenvalue weighted by Crippen LogP contribution is -2.38. The van der Waals surface area contributed by atoms with Gasteiger partial charge < -0.3 is 4.90 Å². The minimum Gasteiger partial charge on any atom is -0.338 e. The molecule has 1 aliphatic heterocycles. The molecule has 3 rings (SSSR count). The third-order valence-corrected chi connectivity index (χ3v) is 6.08. The van der Waals surface area contributed by atoms with Gasteiger partial charge in [-0.05, 0) is 24.6 Å². The molecule has 0 N–H and O–H groups in total. The van der Waals surface area contributed by atoms with Gasteiger partial charge in [0, 0.05) is 24.5 Å². The molecule has 1 aromatic carbocycles. The Balaban J connectivity index is 1.94. The minimum absolute atomic E-state index is 0.0270. The van der Waals surface area contributed by atoms with E-state index in [4.69, 9.17) is 11.6 Å². The zero-order valence-corrected chi connectivity index (χ0v) is 13.9. The van der Waals surface area contributed by atoms with Gasteiger partial charge in [0.2, 0.25) is 0 Å². The van der Waals surface area contributed by atoms with Gasteiger partial charge in [-0.25, -0.2) is 17.8 Å². The number of carbonyl (C=O) groups is 1. The molecule has 0 radical (unpaired) electrons. The first-order valence-electron chi connectivity index (χ1n) is 7.00. The van der Waals surface area contributed by atoms with Crippen molar-refractivity contribution in [1.82, 2.24) is 9.88 Å². The van der Waals surface area contributed by atoms with E-state index in [0.717, 1.165) is 0 Å². The van der Waals surface area contributed by atoms with Crippen molar-refractivity contribution < 1.29 is 17.6 Å². The third-order valence-electron chi connectivity index (χ3n) is 4.04. The van der Waals surface area contributed by atoms with Gasteiger partial charge in [0.1, 0.15) is 11.0 Å². The molecule has 1 amide bonds. The topological polar surface area (TPSA) is 67.3 Å². The molecule has 1 fully saturated rings. The molecule has 2 heterocycles. The van der Waals surface area contributed by atoms with Gasteiger partial charge in [-0.15, -0.1) is 0 Å². The molecule has 0 saturated carbocycles. The van der Waals surface area contributed by atoms with E-state index in [0.29, 0.717) is 17.3 Å². The second-order valence-electron chi connectivity index (χ2n) is 5.64. The number of amides is 1. The van der Waals surface area contributed by atoms with E-state index < -0.39 is 21.6 Å². The maximum Gasteiger partial charge on any atom is 0.257 e. The maximum absolute atomic E-state index is 13.2. The van der Waals surface area contributed by atoms with Crippen LogP contribution in [-0.2, 0) is 9.84 Å².